The molecule has 0 fully saturated rings. The number of carboxylic acids is 1. The number of methoxy groups -OCH3 is 1. The van der Waals surface area contributed by atoms with E-state index in [0.29, 0.717) is 24.5 Å². The summed E-state index contributed by atoms with van der Waals surface area (Å²) in [6.45, 7) is 1.11. The highest BCUT2D eigenvalue weighted by Gasteiger charge is 2.21. The number of hydrogen-bond donors (Lipinski definition) is 1. The number of rotatable bonds is 7. The molecular weight excluding hydrogens is 320 g/mol. The van der Waals surface area contributed by atoms with E-state index < -0.39 is 5.97 Å². The molecule has 1 heterocycles. The minimum Gasteiger partial charge on any atom is -0.478 e. The predicted molar refractivity (Wildman–Crippen MR) is 92.1 cm³/mol. The lowest BCUT2D eigenvalue weighted by atomic mass is 9.94. The van der Waals surface area contributed by atoms with Gasteiger partial charge in [0.1, 0.15) is 0 Å². The predicted octanol–water partition coefficient (Wildman–Crippen LogP) is 2.74. The van der Waals surface area contributed by atoms with Gasteiger partial charge < -0.3 is 9.84 Å². The third-order valence-electron chi connectivity index (χ3n) is 3.85. The molecule has 3 rings (SSSR count). The molecule has 3 aromatic rings. The topological polar surface area (TPSA) is 90.1 Å². The maximum Gasteiger partial charge on any atom is 0.336 e. The number of carbonyl (C=O) groups is 1. The van der Waals surface area contributed by atoms with Crippen molar-refractivity contribution in [2.24, 2.45) is 0 Å². The van der Waals surface area contributed by atoms with E-state index in [4.69, 9.17) is 4.74 Å². The molecule has 0 aliphatic rings. The Labute approximate surface area is 144 Å². The van der Waals surface area contributed by atoms with Gasteiger partial charge in [0, 0.05) is 25.8 Å². The summed E-state index contributed by atoms with van der Waals surface area (Å²) in [4.78, 5) is 11.8. The van der Waals surface area contributed by atoms with Crippen molar-refractivity contribution in [1.82, 2.24) is 20.2 Å². The molecule has 0 aliphatic carbocycles. The van der Waals surface area contributed by atoms with E-state index in [2.05, 4.69) is 15.5 Å². The molecule has 1 aromatic heterocycles. The Morgan fingerprint density at radius 1 is 1.16 bits per heavy atom. The van der Waals surface area contributed by atoms with Crippen LogP contribution in [0, 0.1) is 0 Å². The number of benzene rings is 2. The molecule has 0 unspecified atom stereocenters. The van der Waals surface area contributed by atoms with Crippen LogP contribution < -0.4 is 0 Å². The molecule has 7 heteroatoms. The number of hydrogen-bond acceptors (Lipinski definition) is 5. The fourth-order valence-corrected chi connectivity index (χ4v) is 2.72. The molecule has 2 aromatic carbocycles. The number of aromatic nitrogens is 4. The fourth-order valence-electron chi connectivity index (χ4n) is 2.72. The Morgan fingerprint density at radius 3 is 2.68 bits per heavy atom. The van der Waals surface area contributed by atoms with Gasteiger partial charge in [-0.15, -0.1) is 5.10 Å². The van der Waals surface area contributed by atoms with Crippen LogP contribution >= 0.6 is 0 Å². The zero-order valence-electron chi connectivity index (χ0n) is 13.8. The summed E-state index contributed by atoms with van der Waals surface area (Å²) in [6, 6.07) is 14.8. The maximum absolute atomic E-state index is 11.8. The fraction of sp³-hybridized carbons (Fsp3) is 0.222. The maximum atomic E-state index is 11.8. The molecule has 0 saturated carbocycles. The van der Waals surface area contributed by atoms with Gasteiger partial charge in [0.05, 0.1) is 5.56 Å². The van der Waals surface area contributed by atoms with Crippen LogP contribution in [0.25, 0.3) is 22.5 Å². The van der Waals surface area contributed by atoms with Gasteiger partial charge in [-0.1, -0.05) is 42.5 Å². The standard InChI is InChI=1S/C18H18N4O3/c1-25-12-6-11-22-17(19-20-21-22)16-14(13-7-3-2-4-8-13)9-5-10-15(16)18(23)24/h2-5,7-10H,6,11-12H2,1H3,(H,23,24). The van der Waals surface area contributed by atoms with Crippen LogP contribution in [0.5, 0.6) is 0 Å². The first-order valence-corrected chi connectivity index (χ1v) is 7.89. The summed E-state index contributed by atoms with van der Waals surface area (Å²) < 4.78 is 6.68. The Kier molecular flexibility index (Phi) is 5.15. The van der Waals surface area contributed by atoms with Crippen LogP contribution in [0.3, 0.4) is 0 Å². The first-order valence-electron chi connectivity index (χ1n) is 7.89. The van der Waals surface area contributed by atoms with Crippen LogP contribution in [0.4, 0.5) is 0 Å². The minimum absolute atomic E-state index is 0.171. The highest BCUT2D eigenvalue weighted by molar-refractivity contribution is 6.00. The number of carboxylic acid groups (broad SMARTS) is 1. The van der Waals surface area contributed by atoms with Gasteiger partial charge in [-0.05, 0) is 34.0 Å². The van der Waals surface area contributed by atoms with E-state index in [1.165, 1.54) is 0 Å². The molecule has 0 amide bonds. The van der Waals surface area contributed by atoms with E-state index >= 15 is 0 Å². The van der Waals surface area contributed by atoms with E-state index in [9.17, 15) is 9.90 Å². The normalized spacial score (nSPS) is 10.8. The molecule has 0 atom stereocenters. The van der Waals surface area contributed by atoms with Crippen LogP contribution in [0.15, 0.2) is 48.5 Å². The van der Waals surface area contributed by atoms with Crippen molar-refractivity contribution in [2.45, 2.75) is 13.0 Å². The van der Waals surface area contributed by atoms with Crippen molar-refractivity contribution in [1.29, 1.82) is 0 Å². The molecule has 0 spiro atoms. The zero-order chi connectivity index (χ0) is 17.6. The third-order valence-corrected chi connectivity index (χ3v) is 3.85. The molecule has 0 bridgehead atoms. The van der Waals surface area contributed by atoms with E-state index in [0.717, 1.165) is 17.5 Å². The zero-order valence-corrected chi connectivity index (χ0v) is 13.8. The van der Waals surface area contributed by atoms with Gasteiger partial charge >= 0.3 is 5.97 Å². The van der Waals surface area contributed by atoms with Gasteiger partial charge in [-0.3, -0.25) is 0 Å². The monoisotopic (exact) mass is 338 g/mol. The highest BCUT2D eigenvalue weighted by Crippen LogP contribution is 2.33. The number of aromatic carboxylic acids is 1. The number of aryl methyl sites for hydroxylation is 1. The molecular formula is C18H18N4O3. The van der Waals surface area contributed by atoms with Crippen LogP contribution in [0.2, 0.25) is 0 Å². The summed E-state index contributed by atoms with van der Waals surface area (Å²) >= 11 is 0. The van der Waals surface area contributed by atoms with Crippen LogP contribution in [0.1, 0.15) is 16.8 Å². The molecule has 0 saturated heterocycles. The Balaban J connectivity index is 2.15. The highest BCUT2D eigenvalue weighted by atomic mass is 16.5. The Hall–Kier alpha value is -3.06. The van der Waals surface area contributed by atoms with Crippen LogP contribution in [-0.4, -0.2) is 45.0 Å². The second kappa shape index (κ2) is 7.67. The average Bonchev–Trinajstić information content (AvgIpc) is 3.10. The first kappa shape index (κ1) is 16.8. The smallest absolute Gasteiger partial charge is 0.336 e. The van der Waals surface area contributed by atoms with Crippen molar-refractivity contribution >= 4 is 5.97 Å². The SMILES string of the molecule is COCCCn1nnnc1-c1c(C(=O)O)cccc1-c1ccccc1. The number of tetrazole rings is 1. The van der Waals surface area contributed by atoms with Crippen molar-refractivity contribution in [3.8, 4) is 22.5 Å². The van der Waals surface area contributed by atoms with Crippen molar-refractivity contribution in [3.05, 3.63) is 54.1 Å². The number of ether oxygens (including phenoxy) is 1. The summed E-state index contributed by atoms with van der Waals surface area (Å²) in [5, 5.41) is 21.5. The third kappa shape index (κ3) is 3.56. The lowest BCUT2D eigenvalue weighted by Gasteiger charge is -2.13. The molecule has 0 radical (unpaired) electrons. The van der Waals surface area contributed by atoms with E-state index in [-0.39, 0.29) is 5.56 Å². The lowest BCUT2D eigenvalue weighted by Crippen LogP contribution is -2.09. The van der Waals surface area contributed by atoms with Crippen molar-refractivity contribution in [2.75, 3.05) is 13.7 Å². The second-order valence-electron chi connectivity index (χ2n) is 5.47. The van der Waals surface area contributed by atoms with E-state index in [1.807, 2.05) is 36.4 Å². The number of nitrogens with zero attached hydrogens (tertiary/aromatic N) is 4. The Bertz CT molecular complexity index is 862. The molecule has 128 valence electrons. The lowest BCUT2D eigenvalue weighted by molar-refractivity contribution is 0.0697. The van der Waals surface area contributed by atoms with Crippen molar-refractivity contribution in [3.63, 3.8) is 0 Å². The second-order valence-corrected chi connectivity index (χ2v) is 5.47. The summed E-state index contributed by atoms with van der Waals surface area (Å²) in [7, 11) is 1.63. The quantitative estimate of drug-likeness (QED) is 0.666. The van der Waals surface area contributed by atoms with E-state index in [1.54, 1.807) is 23.9 Å². The molecule has 1 N–H and O–H groups in total. The summed E-state index contributed by atoms with van der Waals surface area (Å²) in [6.07, 6.45) is 0.727. The molecule has 0 aliphatic heterocycles. The Morgan fingerprint density at radius 2 is 1.96 bits per heavy atom. The largest absolute Gasteiger partial charge is 0.478 e. The average molecular weight is 338 g/mol. The van der Waals surface area contributed by atoms with Crippen LogP contribution in [-0.2, 0) is 11.3 Å². The van der Waals surface area contributed by atoms with Crippen molar-refractivity contribution < 1.29 is 14.6 Å². The molecule has 7 nitrogen and oxygen atoms in total. The van der Waals surface area contributed by atoms with Gasteiger partial charge in [0.15, 0.2) is 5.82 Å². The molecule has 25 heavy (non-hydrogen) atoms. The van der Waals surface area contributed by atoms with Gasteiger partial charge in [-0.25, -0.2) is 9.48 Å². The summed E-state index contributed by atoms with van der Waals surface area (Å²) in [5.74, 6) is -0.577. The minimum atomic E-state index is -1.01. The van der Waals surface area contributed by atoms with Gasteiger partial charge in [-0.2, -0.15) is 0 Å². The van der Waals surface area contributed by atoms with Gasteiger partial charge in [0.2, 0.25) is 0 Å². The first-order chi connectivity index (χ1) is 12.2. The summed E-state index contributed by atoms with van der Waals surface area (Å²) in [5.41, 5.74) is 2.38. The van der Waals surface area contributed by atoms with Gasteiger partial charge in [0.25, 0.3) is 0 Å².